The fourth-order valence-electron chi connectivity index (χ4n) is 2.37. The largest absolute Gasteiger partial charge is 0.341 e. The summed E-state index contributed by atoms with van der Waals surface area (Å²) >= 11 is 0. The van der Waals surface area contributed by atoms with Crippen molar-refractivity contribution in [2.24, 2.45) is 5.92 Å². The van der Waals surface area contributed by atoms with Crippen molar-refractivity contribution < 1.29 is 0 Å². The Kier molecular flexibility index (Phi) is 3.94. The summed E-state index contributed by atoms with van der Waals surface area (Å²) in [5.41, 5.74) is 2.27. The van der Waals surface area contributed by atoms with Crippen molar-refractivity contribution in [1.29, 1.82) is 0 Å². The first kappa shape index (κ1) is 12.3. The molecule has 0 aliphatic carbocycles. The molecule has 1 aliphatic rings. The monoisotopic (exact) mass is 234 g/mol. The van der Waals surface area contributed by atoms with Gasteiger partial charge in [0.25, 0.3) is 0 Å². The van der Waals surface area contributed by atoms with Crippen LogP contribution in [0, 0.1) is 12.8 Å². The molecule has 0 spiro atoms. The van der Waals surface area contributed by atoms with E-state index in [-0.39, 0.29) is 0 Å². The number of piperidine rings is 1. The van der Waals surface area contributed by atoms with Crippen LogP contribution >= 0.6 is 0 Å². The molecule has 4 heteroatoms. The van der Waals surface area contributed by atoms with Gasteiger partial charge in [-0.1, -0.05) is 6.92 Å². The molecule has 2 rings (SSSR count). The summed E-state index contributed by atoms with van der Waals surface area (Å²) < 4.78 is 0. The summed E-state index contributed by atoms with van der Waals surface area (Å²) in [6, 6.07) is 0. The highest BCUT2D eigenvalue weighted by Gasteiger charge is 2.18. The summed E-state index contributed by atoms with van der Waals surface area (Å²) in [7, 11) is 1.94. The lowest BCUT2D eigenvalue weighted by atomic mass is 10.0. The predicted molar refractivity (Wildman–Crippen MR) is 70.1 cm³/mol. The molecule has 94 valence electrons. The van der Waals surface area contributed by atoms with Crippen LogP contribution in [0.25, 0.3) is 0 Å². The van der Waals surface area contributed by atoms with Gasteiger partial charge >= 0.3 is 0 Å². The molecule has 0 saturated carbocycles. The average Bonchev–Trinajstić information content (AvgIpc) is 2.32. The highest BCUT2D eigenvalue weighted by Crippen LogP contribution is 2.20. The fourth-order valence-corrected chi connectivity index (χ4v) is 2.37. The number of hydrogen-bond donors (Lipinski definition) is 1. The van der Waals surface area contributed by atoms with Crippen molar-refractivity contribution >= 4 is 5.95 Å². The van der Waals surface area contributed by atoms with Crippen molar-refractivity contribution in [3.63, 3.8) is 0 Å². The Morgan fingerprint density at radius 3 is 3.00 bits per heavy atom. The topological polar surface area (TPSA) is 41.1 Å². The maximum Gasteiger partial charge on any atom is 0.225 e. The van der Waals surface area contributed by atoms with Gasteiger partial charge in [0.1, 0.15) is 0 Å². The molecule has 17 heavy (non-hydrogen) atoms. The third-order valence-corrected chi connectivity index (χ3v) is 3.38. The van der Waals surface area contributed by atoms with Crippen LogP contribution in [0.3, 0.4) is 0 Å². The van der Waals surface area contributed by atoms with Crippen LogP contribution in [0.4, 0.5) is 5.95 Å². The second-order valence-electron chi connectivity index (χ2n) is 5.00. The molecule has 0 aromatic carbocycles. The number of aromatic nitrogens is 2. The SMILES string of the molecule is CNCc1cnc(N2CCCC(C)C2)nc1C. The molecule has 1 aromatic rings. The van der Waals surface area contributed by atoms with Gasteiger partial charge in [0.15, 0.2) is 0 Å². The number of rotatable bonds is 3. The molecular weight excluding hydrogens is 212 g/mol. The van der Waals surface area contributed by atoms with E-state index < -0.39 is 0 Å². The molecule has 1 saturated heterocycles. The lowest BCUT2D eigenvalue weighted by Crippen LogP contribution is -2.35. The first-order chi connectivity index (χ1) is 8.20. The van der Waals surface area contributed by atoms with E-state index in [0.29, 0.717) is 0 Å². The molecule has 1 N–H and O–H groups in total. The van der Waals surface area contributed by atoms with Crippen LogP contribution in [0.2, 0.25) is 0 Å². The van der Waals surface area contributed by atoms with Gasteiger partial charge in [-0.05, 0) is 32.7 Å². The highest BCUT2D eigenvalue weighted by molar-refractivity contribution is 5.33. The van der Waals surface area contributed by atoms with Gasteiger partial charge < -0.3 is 10.2 Å². The minimum atomic E-state index is 0.754. The molecule has 0 bridgehead atoms. The Morgan fingerprint density at radius 1 is 1.53 bits per heavy atom. The first-order valence-corrected chi connectivity index (χ1v) is 6.42. The van der Waals surface area contributed by atoms with Crippen LogP contribution in [-0.4, -0.2) is 30.1 Å². The Morgan fingerprint density at radius 2 is 2.35 bits per heavy atom. The van der Waals surface area contributed by atoms with Crippen LogP contribution in [-0.2, 0) is 6.54 Å². The highest BCUT2D eigenvalue weighted by atomic mass is 15.3. The second kappa shape index (κ2) is 5.45. The molecule has 4 nitrogen and oxygen atoms in total. The van der Waals surface area contributed by atoms with Gasteiger partial charge in [-0.3, -0.25) is 0 Å². The van der Waals surface area contributed by atoms with Crippen LogP contribution in [0.5, 0.6) is 0 Å². The zero-order valence-electron chi connectivity index (χ0n) is 11.0. The molecule has 0 radical (unpaired) electrons. The summed E-state index contributed by atoms with van der Waals surface area (Å²) in [4.78, 5) is 11.4. The number of nitrogens with zero attached hydrogens (tertiary/aromatic N) is 3. The zero-order valence-corrected chi connectivity index (χ0v) is 11.0. The number of aryl methyl sites for hydroxylation is 1. The van der Waals surface area contributed by atoms with Crippen LogP contribution in [0.15, 0.2) is 6.20 Å². The molecule has 1 fully saturated rings. The Labute approximate surface area is 103 Å². The third kappa shape index (κ3) is 2.94. The van der Waals surface area contributed by atoms with Crippen LogP contribution in [0.1, 0.15) is 31.0 Å². The lowest BCUT2D eigenvalue weighted by Gasteiger charge is -2.31. The minimum Gasteiger partial charge on any atom is -0.341 e. The summed E-state index contributed by atoms with van der Waals surface area (Å²) in [6.07, 6.45) is 4.53. The summed E-state index contributed by atoms with van der Waals surface area (Å²) in [5, 5.41) is 3.14. The van der Waals surface area contributed by atoms with Crippen molar-refractivity contribution in [2.75, 3.05) is 25.0 Å². The fraction of sp³-hybridized carbons (Fsp3) is 0.692. The molecule has 1 aliphatic heterocycles. The normalized spacial score (nSPS) is 20.6. The van der Waals surface area contributed by atoms with Gasteiger partial charge in [0, 0.05) is 37.1 Å². The van der Waals surface area contributed by atoms with E-state index in [2.05, 4.69) is 34.0 Å². The van der Waals surface area contributed by atoms with E-state index >= 15 is 0 Å². The van der Waals surface area contributed by atoms with Crippen LogP contribution < -0.4 is 10.2 Å². The van der Waals surface area contributed by atoms with E-state index in [1.165, 1.54) is 18.4 Å². The van der Waals surface area contributed by atoms with Crippen molar-refractivity contribution in [3.05, 3.63) is 17.5 Å². The molecule has 1 aromatic heterocycles. The smallest absolute Gasteiger partial charge is 0.225 e. The van der Waals surface area contributed by atoms with E-state index in [1.54, 1.807) is 0 Å². The molecule has 2 heterocycles. The first-order valence-electron chi connectivity index (χ1n) is 6.42. The van der Waals surface area contributed by atoms with E-state index in [9.17, 15) is 0 Å². The maximum atomic E-state index is 4.62. The van der Waals surface area contributed by atoms with Gasteiger partial charge in [0.2, 0.25) is 5.95 Å². The van der Waals surface area contributed by atoms with Gasteiger partial charge in [-0.25, -0.2) is 9.97 Å². The maximum absolute atomic E-state index is 4.62. The van der Waals surface area contributed by atoms with Gasteiger partial charge in [-0.15, -0.1) is 0 Å². The van der Waals surface area contributed by atoms with E-state index in [4.69, 9.17) is 0 Å². The van der Waals surface area contributed by atoms with Crippen molar-refractivity contribution in [2.45, 2.75) is 33.2 Å². The molecular formula is C13H22N4. The Hall–Kier alpha value is -1.16. The lowest BCUT2D eigenvalue weighted by molar-refractivity contribution is 0.441. The Balaban J connectivity index is 2.13. The second-order valence-corrected chi connectivity index (χ2v) is 5.00. The summed E-state index contributed by atoms with van der Waals surface area (Å²) in [6.45, 7) is 7.38. The number of hydrogen-bond acceptors (Lipinski definition) is 4. The predicted octanol–water partition coefficient (Wildman–Crippen LogP) is 1.74. The Bertz CT molecular complexity index is 378. The van der Waals surface area contributed by atoms with E-state index in [0.717, 1.165) is 37.2 Å². The van der Waals surface area contributed by atoms with Crippen molar-refractivity contribution in [3.8, 4) is 0 Å². The van der Waals surface area contributed by atoms with Crippen molar-refractivity contribution in [1.82, 2.24) is 15.3 Å². The zero-order chi connectivity index (χ0) is 12.3. The standard InChI is InChI=1S/C13H22N4/c1-10-5-4-6-17(9-10)13-15-8-12(7-14-3)11(2)16-13/h8,10,14H,4-7,9H2,1-3H3. The molecule has 1 unspecified atom stereocenters. The summed E-state index contributed by atoms with van der Waals surface area (Å²) in [5.74, 6) is 1.65. The van der Waals surface area contributed by atoms with Gasteiger partial charge in [0.05, 0.1) is 0 Å². The van der Waals surface area contributed by atoms with E-state index in [1.807, 2.05) is 13.2 Å². The van der Waals surface area contributed by atoms with Gasteiger partial charge in [-0.2, -0.15) is 0 Å². The molecule has 0 amide bonds. The molecule has 1 atom stereocenters. The average molecular weight is 234 g/mol. The minimum absolute atomic E-state index is 0.754. The quantitative estimate of drug-likeness (QED) is 0.865. The number of anilines is 1. The third-order valence-electron chi connectivity index (χ3n) is 3.38. The number of nitrogens with one attached hydrogen (secondary N) is 1.